The molecule has 21 heavy (non-hydrogen) atoms. The second kappa shape index (κ2) is 6.07. The first kappa shape index (κ1) is 15.9. The smallest absolute Gasteiger partial charge is 0.261 e. The molecule has 1 aromatic heterocycles. The van der Waals surface area contributed by atoms with E-state index in [0.717, 1.165) is 17.7 Å². The lowest BCUT2D eigenvalue weighted by Gasteiger charge is -2.13. The molecule has 0 N–H and O–H groups in total. The Kier molecular flexibility index (Phi) is 4.58. The van der Waals surface area contributed by atoms with Gasteiger partial charge in [0.05, 0.1) is 11.5 Å². The van der Waals surface area contributed by atoms with Crippen molar-refractivity contribution in [2.75, 3.05) is 6.61 Å². The third-order valence-electron chi connectivity index (χ3n) is 3.49. The van der Waals surface area contributed by atoms with Crippen LogP contribution in [0.5, 0.6) is 5.75 Å². The number of halogens is 1. The van der Waals surface area contributed by atoms with Crippen molar-refractivity contribution in [3.63, 3.8) is 0 Å². The van der Waals surface area contributed by atoms with Gasteiger partial charge in [-0.05, 0) is 43.2 Å². The van der Waals surface area contributed by atoms with Crippen LogP contribution < -0.4 is 4.74 Å². The molecule has 0 aliphatic rings. The Morgan fingerprint density at radius 2 is 1.95 bits per heavy atom. The largest absolute Gasteiger partial charge is 0.493 e. The minimum Gasteiger partial charge on any atom is -0.493 e. The summed E-state index contributed by atoms with van der Waals surface area (Å²) in [6, 6.07) is 5.05. The van der Waals surface area contributed by atoms with Gasteiger partial charge in [0, 0.05) is 36.0 Å². The van der Waals surface area contributed by atoms with Crippen LogP contribution in [0.1, 0.15) is 16.8 Å². The van der Waals surface area contributed by atoms with Gasteiger partial charge in [-0.1, -0.05) is 0 Å². The Morgan fingerprint density at radius 1 is 1.24 bits per heavy atom. The SMILES string of the molecule is Cc1c(OCCc2ccnn2C)ccc(S(=O)(=O)Cl)c1C. The van der Waals surface area contributed by atoms with Gasteiger partial charge in [-0.15, -0.1) is 0 Å². The summed E-state index contributed by atoms with van der Waals surface area (Å²) in [5.41, 5.74) is 2.47. The molecule has 1 heterocycles. The number of rotatable bonds is 5. The molecular formula is C14H17ClN2O3S. The fraction of sp³-hybridized carbons (Fsp3) is 0.357. The number of ether oxygens (including phenoxy) is 1. The van der Waals surface area contributed by atoms with Crippen LogP contribution >= 0.6 is 10.7 Å². The van der Waals surface area contributed by atoms with E-state index in [9.17, 15) is 8.42 Å². The van der Waals surface area contributed by atoms with Crippen molar-refractivity contribution in [3.05, 3.63) is 41.2 Å². The molecule has 5 nitrogen and oxygen atoms in total. The highest BCUT2D eigenvalue weighted by molar-refractivity contribution is 8.13. The minimum atomic E-state index is -3.73. The maximum atomic E-state index is 11.4. The first-order chi connectivity index (χ1) is 9.80. The average molecular weight is 329 g/mol. The van der Waals surface area contributed by atoms with E-state index in [1.54, 1.807) is 23.9 Å². The average Bonchev–Trinajstić information content (AvgIpc) is 2.79. The third-order valence-corrected chi connectivity index (χ3v) is 4.96. The van der Waals surface area contributed by atoms with Gasteiger partial charge >= 0.3 is 0 Å². The summed E-state index contributed by atoms with van der Waals surface area (Å²) in [6.45, 7) is 4.03. The molecule has 0 saturated carbocycles. The summed E-state index contributed by atoms with van der Waals surface area (Å²) >= 11 is 0. The van der Waals surface area contributed by atoms with E-state index in [1.165, 1.54) is 6.07 Å². The summed E-state index contributed by atoms with van der Waals surface area (Å²) in [5, 5.41) is 4.09. The standard InChI is InChI=1S/C14H17ClN2O3S/c1-10-11(2)14(21(15,18)19)5-4-13(10)20-9-7-12-6-8-16-17(12)3/h4-6,8H,7,9H2,1-3H3. The fourth-order valence-corrected chi connectivity index (χ4v) is 3.35. The van der Waals surface area contributed by atoms with Crippen molar-refractivity contribution in [3.8, 4) is 5.75 Å². The van der Waals surface area contributed by atoms with Gasteiger partial charge in [0.25, 0.3) is 9.05 Å². The van der Waals surface area contributed by atoms with Crippen LogP contribution in [-0.2, 0) is 22.5 Å². The predicted octanol–water partition coefficient (Wildman–Crippen LogP) is 2.59. The Morgan fingerprint density at radius 3 is 2.52 bits per heavy atom. The summed E-state index contributed by atoms with van der Waals surface area (Å²) in [6.07, 6.45) is 2.47. The third kappa shape index (κ3) is 3.57. The van der Waals surface area contributed by atoms with Crippen LogP contribution in [0.3, 0.4) is 0 Å². The molecule has 0 spiro atoms. The molecule has 1 aromatic carbocycles. The van der Waals surface area contributed by atoms with Crippen LogP contribution in [0, 0.1) is 13.8 Å². The van der Waals surface area contributed by atoms with Crippen molar-refractivity contribution >= 4 is 19.7 Å². The number of hydrogen-bond acceptors (Lipinski definition) is 4. The molecule has 7 heteroatoms. The lowest BCUT2D eigenvalue weighted by Crippen LogP contribution is -2.07. The van der Waals surface area contributed by atoms with Crippen LogP contribution in [0.15, 0.2) is 29.3 Å². The van der Waals surface area contributed by atoms with Crippen molar-refractivity contribution in [1.82, 2.24) is 9.78 Å². The molecule has 0 unspecified atom stereocenters. The second-order valence-corrected chi connectivity index (χ2v) is 7.33. The Labute approximate surface area is 128 Å². The zero-order valence-corrected chi connectivity index (χ0v) is 13.7. The van der Waals surface area contributed by atoms with Crippen molar-refractivity contribution in [2.45, 2.75) is 25.2 Å². The molecule has 0 radical (unpaired) electrons. The molecular weight excluding hydrogens is 312 g/mol. The van der Waals surface area contributed by atoms with E-state index >= 15 is 0 Å². The number of nitrogens with zero attached hydrogens (tertiary/aromatic N) is 2. The second-order valence-electron chi connectivity index (χ2n) is 4.79. The molecule has 2 aromatic rings. The monoisotopic (exact) mass is 328 g/mol. The first-order valence-corrected chi connectivity index (χ1v) is 8.76. The highest BCUT2D eigenvalue weighted by Crippen LogP contribution is 2.29. The highest BCUT2D eigenvalue weighted by Gasteiger charge is 2.17. The van der Waals surface area contributed by atoms with Crippen molar-refractivity contribution < 1.29 is 13.2 Å². The molecule has 0 atom stereocenters. The normalized spacial score (nSPS) is 11.6. The molecule has 114 valence electrons. The molecule has 0 amide bonds. The minimum absolute atomic E-state index is 0.126. The van der Waals surface area contributed by atoms with E-state index < -0.39 is 9.05 Å². The van der Waals surface area contributed by atoms with Crippen molar-refractivity contribution in [1.29, 1.82) is 0 Å². The van der Waals surface area contributed by atoms with Gasteiger partial charge in [-0.3, -0.25) is 4.68 Å². The number of benzene rings is 1. The molecule has 0 aliphatic carbocycles. The predicted molar refractivity (Wildman–Crippen MR) is 81.4 cm³/mol. The zero-order valence-electron chi connectivity index (χ0n) is 12.1. The quantitative estimate of drug-likeness (QED) is 0.791. The number of aromatic nitrogens is 2. The van der Waals surface area contributed by atoms with Gasteiger partial charge in [-0.2, -0.15) is 5.10 Å². The van der Waals surface area contributed by atoms with Crippen LogP contribution in [0.4, 0.5) is 0 Å². The lowest BCUT2D eigenvalue weighted by atomic mass is 10.1. The van der Waals surface area contributed by atoms with Crippen LogP contribution in [0.25, 0.3) is 0 Å². The van der Waals surface area contributed by atoms with Gasteiger partial charge < -0.3 is 4.74 Å². The van der Waals surface area contributed by atoms with Crippen molar-refractivity contribution in [2.24, 2.45) is 7.05 Å². The van der Waals surface area contributed by atoms with E-state index in [2.05, 4.69) is 5.10 Å². The van der Waals surface area contributed by atoms with E-state index in [1.807, 2.05) is 20.0 Å². The molecule has 0 fully saturated rings. The Hall–Kier alpha value is -1.53. The molecule has 0 aliphatic heterocycles. The number of aryl methyl sites for hydroxylation is 1. The summed E-state index contributed by atoms with van der Waals surface area (Å²) in [7, 11) is 3.55. The van der Waals surface area contributed by atoms with Crippen LogP contribution in [0.2, 0.25) is 0 Å². The summed E-state index contributed by atoms with van der Waals surface area (Å²) in [5.74, 6) is 0.665. The Bertz CT molecular complexity index is 754. The maximum Gasteiger partial charge on any atom is 0.261 e. The maximum absolute atomic E-state index is 11.4. The van der Waals surface area contributed by atoms with E-state index in [-0.39, 0.29) is 4.90 Å². The lowest BCUT2D eigenvalue weighted by molar-refractivity contribution is 0.316. The zero-order chi connectivity index (χ0) is 15.6. The van der Waals surface area contributed by atoms with Crippen LogP contribution in [-0.4, -0.2) is 24.8 Å². The van der Waals surface area contributed by atoms with Gasteiger partial charge in [0.2, 0.25) is 0 Å². The highest BCUT2D eigenvalue weighted by atomic mass is 35.7. The van der Waals surface area contributed by atoms with Gasteiger partial charge in [0.15, 0.2) is 0 Å². The molecule has 0 saturated heterocycles. The number of hydrogen-bond donors (Lipinski definition) is 0. The van der Waals surface area contributed by atoms with Gasteiger partial charge in [0.1, 0.15) is 5.75 Å². The first-order valence-electron chi connectivity index (χ1n) is 6.45. The van der Waals surface area contributed by atoms with Gasteiger partial charge in [-0.25, -0.2) is 8.42 Å². The summed E-state index contributed by atoms with van der Waals surface area (Å²) in [4.78, 5) is 0.126. The Balaban J connectivity index is 2.12. The fourth-order valence-electron chi connectivity index (χ4n) is 2.10. The van der Waals surface area contributed by atoms with E-state index in [0.29, 0.717) is 17.9 Å². The molecule has 2 rings (SSSR count). The molecule has 0 bridgehead atoms. The summed E-state index contributed by atoms with van der Waals surface area (Å²) < 4.78 is 30.4. The topological polar surface area (TPSA) is 61.2 Å². The van der Waals surface area contributed by atoms with E-state index in [4.69, 9.17) is 15.4 Å².